The van der Waals surface area contributed by atoms with Crippen LogP contribution in [0.5, 0.6) is 5.75 Å². The molecule has 3 amide bonds. The van der Waals surface area contributed by atoms with Crippen LogP contribution in [0.4, 0.5) is 10.5 Å². The fraction of sp³-hybridized carbons (Fsp3) is 0.160. The van der Waals surface area contributed by atoms with Crippen LogP contribution >= 0.6 is 27.7 Å². The number of imide groups is 1. The molecular formula is C25H22BrN3O4S. The van der Waals surface area contributed by atoms with Gasteiger partial charge in [0.2, 0.25) is 5.91 Å². The van der Waals surface area contributed by atoms with Crippen molar-refractivity contribution in [3.63, 3.8) is 0 Å². The lowest BCUT2D eigenvalue weighted by Crippen LogP contribution is -2.36. The molecule has 3 aromatic rings. The summed E-state index contributed by atoms with van der Waals surface area (Å²) in [7, 11) is 1.55. The molecule has 2 heterocycles. The van der Waals surface area contributed by atoms with E-state index in [4.69, 9.17) is 4.74 Å². The molecule has 1 fully saturated rings. The summed E-state index contributed by atoms with van der Waals surface area (Å²) in [5.74, 6) is -0.278. The summed E-state index contributed by atoms with van der Waals surface area (Å²) in [6.45, 7) is 3.59. The molecule has 1 saturated heterocycles. The van der Waals surface area contributed by atoms with E-state index >= 15 is 0 Å². The minimum Gasteiger partial charge on any atom is -0.497 e. The van der Waals surface area contributed by atoms with Gasteiger partial charge in [0, 0.05) is 21.5 Å². The van der Waals surface area contributed by atoms with Gasteiger partial charge in [-0.2, -0.15) is 0 Å². The van der Waals surface area contributed by atoms with Crippen LogP contribution in [-0.4, -0.2) is 40.2 Å². The maximum Gasteiger partial charge on any atom is 0.294 e. The molecule has 174 valence electrons. The number of nitrogens with one attached hydrogen (secondary N) is 1. The molecular weight excluding hydrogens is 518 g/mol. The number of halogens is 1. The van der Waals surface area contributed by atoms with Crippen LogP contribution in [0.15, 0.2) is 64.0 Å². The molecule has 4 rings (SSSR count). The zero-order valence-electron chi connectivity index (χ0n) is 18.8. The molecule has 0 saturated carbocycles. The number of carbonyl (C=O) groups is 3. The zero-order valence-corrected chi connectivity index (χ0v) is 21.2. The molecule has 1 N–H and O–H groups in total. The number of hydrogen-bond acceptors (Lipinski definition) is 5. The van der Waals surface area contributed by atoms with E-state index in [1.165, 1.54) is 0 Å². The number of anilines is 1. The number of benzene rings is 2. The first-order valence-corrected chi connectivity index (χ1v) is 12.0. The van der Waals surface area contributed by atoms with Crippen LogP contribution in [0.2, 0.25) is 0 Å². The van der Waals surface area contributed by atoms with Crippen molar-refractivity contribution in [1.82, 2.24) is 9.47 Å². The predicted molar refractivity (Wildman–Crippen MR) is 137 cm³/mol. The first-order valence-electron chi connectivity index (χ1n) is 10.4. The second kappa shape index (κ2) is 9.90. The summed E-state index contributed by atoms with van der Waals surface area (Å²) in [6.07, 6.45) is 1.71. The van der Waals surface area contributed by atoms with Gasteiger partial charge in [-0.3, -0.25) is 19.3 Å². The number of amides is 3. The third-order valence-electron chi connectivity index (χ3n) is 5.40. The number of nitrogens with zero attached hydrogens (tertiary/aromatic N) is 2. The van der Waals surface area contributed by atoms with Gasteiger partial charge in [0.15, 0.2) is 0 Å². The maximum atomic E-state index is 12.9. The highest BCUT2D eigenvalue weighted by Crippen LogP contribution is 2.34. The molecule has 0 radical (unpaired) electrons. The van der Waals surface area contributed by atoms with Crippen LogP contribution < -0.4 is 10.1 Å². The number of ether oxygens (including phenoxy) is 1. The van der Waals surface area contributed by atoms with Crippen molar-refractivity contribution in [2.45, 2.75) is 13.8 Å². The largest absolute Gasteiger partial charge is 0.497 e. The van der Waals surface area contributed by atoms with Gasteiger partial charge >= 0.3 is 0 Å². The average Bonchev–Trinajstić information content (AvgIpc) is 3.24. The number of hydrogen-bond donors (Lipinski definition) is 1. The Kier molecular flexibility index (Phi) is 6.95. The van der Waals surface area contributed by atoms with E-state index in [-0.39, 0.29) is 11.4 Å². The third-order valence-corrected chi connectivity index (χ3v) is 6.98. The summed E-state index contributed by atoms with van der Waals surface area (Å²) in [4.78, 5) is 39.1. The maximum absolute atomic E-state index is 12.9. The van der Waals surface area contributed by atoms with E-state index in [2.05, 4.69) is 25.8 Å². The SMILES string of the molecule is COc1ccc(NC(=O)CN2C(=O)S/C(=C/c3cc(C)n(-c4ccccc4Br)c3C)C2=O)cc1. The van der Waals surface area contributed by atoms with Crippen LogP contribution in [0.3, 0.4) is 0 Å². The number of aryl methyl sites for hydroxylation is 1. The summed E-state index contributed by atoms with van der Waals surface area (Å²) < 4.78 is 8.13. The predicted octanol–water partition coefficient (Wildman–Crippen LogP) is 5.54. The lowest BCUT2D eigenvalue weighted by Gasteiger charge is -2.12. The first kappa shape index (κ1) is 23.8. The van der Waals surface area contributed by atoms with Crippen molar-refractivity contribution in [2.24, 2.45) is 0 Å². The molecule has 0 unspecified atom stereocenters. The molecule has 7 nitrogen and oxygen atoms in total. The van der Waals surface area contributed by atoms with Crippen LogP contribution in [0.25, 0.3) is 11.8 Å². The van der Waals surface area contributed by atoms with Gasteiger partial charge in [-0.15, -0.1) is 0 Å². The quantitative estimate of drug-likeness (QED) is 0.416. The highest BCUT2D eigenvalue weighted by molar-refractivity contribution is 9.10. The van der Waals surface area contributed by atoms with Gasteiger partial charge in [0.25, 0.3) is 11.1 Å². The summed E-state index contributed by atoms with van der Waals surface area (Å²) in [5, 5.41) is 2.22. The Labute approximate surface area is 209 Å². The van der Waals surface area contributed by atoms with Gasteiger partial charge in [-0.25, -0.2) is 0 Å². The van der Waals surface area contributed by atoms with Crippen molar-refractivity contribution >= 4 is 56.5 Å². The van der Waals surface area contributed by atoms with Gasteiger partial charge in [0.1, 0.15) is 12.3 Å². The molecule has 0 atom stereocenters. The fourth-order valence-corrected chi connectivity index (χ4v) is 5.02. The Bertz CT molecular complexity index is 1310. The highest BCUT2D eigenvalue weighted by Gasteiger charge is 2.36. The summed E-state index contributed by atoms with van der Waals surface area (Å²) in [6, 6.07) is 16.6. The Morgan fingerprint density at radius 3 is 2.50 bits per heavy atom. The van der Waals surface area contributed by atoms with Crippen LogP contribution in [-0.2, 0) is 9.59 Å². The number of rotatable bonds is 6. The van der Waals surface area contributed by atoms with Crippen LogP contribution in [0.1, 0.15) is 17.0 Å². The van der Waals surface area contributed by atoms with E-state index in [1.807, 2.05) is 44.2 Å². The van der Waals surface area contributed by atoms with Crippen molar-refractivity contribution in [1.29, 1.82) is 0 Å². The van der Waals surface area contributed by atoms with Crippen molar-refractivity contribution in [2.75, 3.05) is 19.0 Å². The molecule has 34 heavy (non-hydrogen) atoms. The molecule has 9 heteroatoms. The molecule has 2 aromatic carbocycles. The van der Waals surface area contributed by atoms with E-state index in [1.54, 1.807) is 37.5 Å². The van der Waals surface area contributed by atoms with E-state index in [0.717, 1.165) is 43.8 Å². The van der Waals surface area contributed by atoms with Gasteiger partial charge in [-0.05, 0) is 95.6 Å². The molecule has 0 aliphatic carbocycles. The topological polar surface area (TPSA) is 80.6 Å². The standard InChI is InChI=1S/C25H22BrN3O4S/c1-15-12-17(16(2)29(15)21-7-5-4-6-20(21)26)13-22-24(31)28(25(32)34-22)14-23(30)27-18-8-10-19(33-3)11-9-18/h4-13H,14H2,1-3H3,(H,27,30)/b22-13+. The van der Waals surface area contributed by atoms with Gasteiger partial charge in [-0.1, -0.05) is 12.1 Å². The van der Waals surface area contributed by atoms with E-state index in [0.29, 0.717) is 11.4 Å². The number of carbonyl (C=O) groups excluding carboxylic acids is 3. The van der Waals surface area contributed by atoms with E-state index in [9.17, 15) is 14.4 Å². The Hall–Kier alpha value is -3.30. The molecule has 1 aliphatic heterocycles. The second-order valence-electron chi connectivity index (χ2n) is 7.66. The third kappa shape index (κ3) is 4.80. The lowest BCUT2D eigenvalue weighted by molar-refractivity contribution is -0.127. The smallest absolute Gasteiger partial charge is 0.294 e. The van der Waals surface area contributed by atoms with Gasteiger partial charge < -0.3 is 14.6 Å². The first-order chi connectivity index (χ1) is 16.3. The minimum absolute atomic E-state index is 0.287. The normalized spacial score (nSPS) is 14.7. The van der Waals surface area contributed by atoms with Crippen LogP contribution in [0, 0.1) is 13.8 Å². The van der Waals surface area contributed by atoms with Gasteiger partial charge in [0.05, 0.1) is 17.7 Å². The Balaban J connectivity index is 1.51. The molecule has 0 bridgehead atoms. The summed E-state index contributed by atoms with van der Waals surface area (Å²) in [5.41, 5.74) is 4.30. The molecule has 1 aliphatic rings. The summed E-state index contributed by atoms with van der Waals surface area (Å²) >= 11 is 4.42. The molecule has 1 aromatic heterocycles. The minimum atomic E-state index is -0.481. The van der Waals surface area contributed by atoms with Crippen molar-refractivity contribution in [3.05, 3.63) is 80.9 Å². The Morgan fingerprint density at radius 2 is 1.82 bits per heavy atom. The van der Waals surface area contributed by atoms with Crippen molar-refractivity contribution < 1.29 is 19.1 Å². The zero-order chi connectivity index (χ0) is 24.4. The Morgan fingerprint density at radius 1 is 1.12 bits per heavy atom. The van der Waals surface area contributed by atoms with Crippen molar-refractivity contribution in [3.8, 4) is 11.4 Å². The van der Waals surface area contributed by atoms with E-state index < -0.39 is 17.1 Å². The number of thioether (sulfide) groups is 1. The number of methoxy groups -OCH3 is 1. The number of aromatic nitrogens is 1. The molecule has 0 spiro atoms. The fourth-order valence-electron chi connectivity index (χ4n) is 3.73. The second-order valence-corrected chi connectivity index (χ2v) is 9.51. The average molecular weight is 540 g/mol. The monoisotopic (exact) mass is 539 g/mol. The lowest BCUT2D eigenvalue weighted by atomic mass is 10.2. The highest BCUT2D eigenvalue weighted by atomic mass is 79.9. The number of para-hydroxylation sites is 1.